The van der Waals surface area contributed by atoms with E-state index in [2.05, 4.69) is 0 Å². The number of hydrogen-bond donors (Lipinski definition) is 2. The van der Waals surface area contributed by atoms with Crippen molar-refractivity contribution in [3.8, 4) is 0 Å². The molecule has 4 N–H and O–H groups in total. The second kappa shape index (κ2) is 5.31. The van der Waals surface area contributed by atoms with Crippen LogP contribution in [0.3, 0.4) is 0 Å². The first-order valence-corrected chi connectivity index (χ1v) is 6.23. The van der Waals surface area contributed by atoms with Gasteiger partial charge in [-0.25, -0.2) is 8.42 Å². The van der Waals surface area contributed by atoms with Crippen LogP contribution in [0.2, 0.25) is 0 Å². The molecule has 0 spiro atoms. The van der Waals surface area contributed by atoms with Crippen LogP contribution in [0.4, 0.5) is 0 Å². The zero-order valence-corrected chi connectivity index (χ0v) is 9.38. The molecule has 0 radical (unpaired) electrons. The molecule has 2 unspecified atom stereocenters. The standard InChI is InChI=1S/C8H18N2O3S/c1-6(8(10)11)5-14(12,13)7(2)3-4-9/h6-7H,3-5,9H2,1-2H3,(H2,10,11). The Kier molecular flexibility index (Phi) is 5.07. The Morgan fingerprint density at radius 3 is 2.21 bits per heavy atom. The molecule has 0 aromatic carbocycles. The Morgan fingerprint density at radius 2 is 1.86 bits per heavy atom. The van der Waals surface area contributed by atoms with E-state index in [0.29, 0.717) is 13.0 Å². The topological polar surface area (TPSA) is 103 Å². The number of hydrogen-bond acceptors (Lipinski definition) is 4. The molecule has 5 nitrogen and oxygen atoms in total. The first kappa shape index (κ1) is 13.4. The predicted octanol–water partition coefficient (Wildman–Crippen LogP) is -0.740. The predicted molar refractivity (Wildman–Crippen MR) is 55.3 cm³/mol. The van der Waals surface area contributed by atoms with Crippen molar-refractivity contribution in [2.24, 2.45) is 17.4 Å². The van der Waals surface area contributed by atoms with Gasteiger partial charge in [-0.1, -0.05) is 6.92 Å². The smallest absolute Gasteiger partial charge is 0.221 e. The van der Waals surface area contributed by atoms with Gasteiger partial charge >= 0.3 is 0 Å². The average molecular weight is 222 g/mol. The number of rotatable bonds is 6. The number of sulfone groups is 1. The Hall–Kier alpha value is -0.620. The van der Waals surface area contributed by atoms with Gasteiger partial charge in [0, 0.05) is 5.92 Å². The summed E-state index contributed by atoms with van der Waals surface area (Å²) in [5, 5.41) is -0.505. The van der Waals surface area contributed by atoms with Gasteiger partial charge in [0.25, 0.3) is 0 Å². The first-order chi connectivity index (χ1) is 6.31. The molecule has 0 rings (SSSR count). The molecule has 0 aliphatic carbocycles. The van der Waals surface area contributed by atoms with Crippen LogP contribution >= 0.6 is 0 Å². The van der Waals surface area contributed by atoms with Gasteiger partial charge in [-0.2, -0.15) is 0 Å². The summed E-state index contributed by atoms with van der Waals surface area (Å²) in [5.74, 6) is -1.42. The van der Waals surface area contributed by atoms with E-state index in [1.807, 2.05) is 0 Å². The van der Waals surface area contributed by atoms with Gasteiger partial charge in [0.1, 0.15) is 0 Å². The fourth-order valence-electron chi connectivity index (χ4n) is 1.01. The van der Waals surface area contributed by atoms with Crippen LogP contribution in [0.25, 0.3) is 0 Å². The SMILES string of the molecule is CC(CS(=O)(=O)C(C)CCN)C(N)=O. The van der Waals surface area contributed by atoms with Crippen molar-refractivity contribution in [2.75, 3.05) is 12.3 Å². The molecule has 2 atom stereocenters. The van der Waals surface area contributed by atoms with E-state index in [9.17, 15) is 13.2 Å². The average Bonchev–Trinajstić information content (AvgIpc) is 2.03. The summed E-state index contributed by atoms with van der Waals surface area (Å²) in [4.78, 5) is 10.7. The van der Waals surface area contributed by atoms with E-state index in [4.69, 9.17) is 11.5 Å². The highest BCUT2D eigenvalue weighted by molar-refractivity contribution is 7.92. The van der Waals surface area contributed by atoms with Crippen LogP contribution in [-0.4, -0.2) is 31.9 Å². The van der Waals surface area contributed by atoms with E-state index in [1.165, 1.54) is 6.92 Å². The monoisotopic (exact) mass is 222 g/mol. The van der Waals surface area contributed by atoms with Gasteiger partial charge in [-0.3, -0.25) is 4.79 Å². The Morgan fingerprint density at radius 1 is 1.36 bits per heavy atom. The van der Waals surface area contributed by atoms with Crippen molar-refractivity contribution >= 4 is 15.7 Å². The summed E-state index contributed by atoms with van der Waals surface area (Å²) >= 11 is 0. The maximum Gasteiger partial charge on any atom is 0.221 e. The van der Waals surface area contributed by atoms with Crippen molar-refractivity contribution in [1.29, 1.82) is 0 Å². The number of carbonyl (C=O) groups excluding carboxylic acids is 1. The lowest BCUT2D eigenvalue weighted by Crippen LogP contribution is -2.32. The summed E-state index contributed by atoms with van der Waals surface area (Å²) in [7, 11) is -3.25. The van der Waals surface area contributed by atoms with E-state index in [1.54, 1.807) is 6.92 Å². The fourth-order valence-corrected chi connectivity index (χ4v) is 2.69. The maximum atomic E-state index is 11.6. The third-order valence-electron chi connectivity index (χ3n) is 2.15. The summed E-state index contributed by atoms with van der Waals surface area (Å²) in [6.45, 7) is 3.43. The summed E-state index contributed by atoms with van der Waals surface area (Å²) in [5.41, 5.74) is 10.2. The minimum Gasteiger partial charge on any atom is -0.369 e. The molecule has 0 aliphatic heterocycles. The zero-order chi connectivity index (χ0) is 11.4. The van der Waals surface area contributed by atoms with Gasteiger partial charge in [0.05, 0.1) is 11.0 Å². The second-order valence-corrected chi connectivity index (χ2v) is 5.98. The number of amides is 1. The third-order valence-corrected chi connectivity index (χ3v) is 4.58. The highest BCUT2D eigenvalue weighted by Gasteiger charge is 2.24. The van der Waals surface area contributed by atoms with Gasteiger partial charge in [-0.15, -0.1) is 0 Å². The Balaban J connectivity index is 4.41. The summed E-state index contributed by atoms with van der Waals surface area (Å²) in [6.07, 6.45) is 0.411. The highest BCUT2D eigenvalue weighted by Crippen LogP contribution is 2.10. The lowest BCUT2D eigenvalue weighted by Gasteiger charge is -2.13. The Labute approximate surface area is 84.8 Å². The van der Waals surface area contributed by atoms with Crippen molar-refractivity contribution in [2.45, 2.75) is 25.5 Å². The third kappa shape index (κ3) is 4.06. The molecule has 14 heavy (non-hydrogen) atoms. The lowest BCUT2D eigenvalue weighted by atomic mass is 10.2. The summed E-state index contributed by atoms with van der Waals surface area (Å²) < 4.78 is 23.1. The zero-order valence-electron chi connectivity index (χ0n) is 8.56. The lowest BCUT2D eigenvalue weighted by molar-refractivity contribution is -0.120. The first-order valence-electron chi connectivity index (χ1n) is 4.52. The van der Waals surface area contributed by atoms with Crippen molar-refractivity contribution in [3.05, 3.63) is 0 Å². The molecule has 84 valence electrons. The van der Waals surface area contributed by atoms with Gasteiger partial charge < -0.3 is 11.5 Å². The molecular formula is C8H18N2O3S. The van der Waals surface area contributed by atoms with Crippen LogP contribution < -0.4 is 11.5 Å². The molecule has 0 bridgehead atoms. The molecular weight excluding hydrogens is 204 g/mol. The van der Waals surface area contributed by atoms with Crippen molar-refractivity contribution in [3.63, 3.8) is 0 Å². The van der Waals surface area contributed by atoms with E-state index < -0.39 is 26.9 Å². The van der Waals surface area contributed by atoms with Crippen molar-refractivity contribution in [1.82, 2.24) is 0 Å². The number of carbonyl (C=O) groups is 1. The van der Waals surface area contributed by atoms with Gasteiger partial charge in [0.15, 0.2) is 9.84 Å². The molecule has 6 heteroatoms. The van der Waals surface area contributed by atoms with Crippen LogP contribution in [0.1, 0.15) is 20.3 Å². The normalized spacial score (nSPS) is 16.2. The molecule has 0 heterocycles. The van der Waals surface area contributed by atoms with Crippen LogP contribution in [0.15, 0.2) is 0 Å². The van der Waals surface area contributed by atoms with E-state index in [0.717, 1.165) is 0 Å². The molecule has 0 aromatic rings. The van der Waals surface area contributed by atoms with E-state index in [-0.39, 0.29) is 5.75 Å². The van der Waals surface area contributed by atoms with E-state index >= 15 is 0 Å². The van der Waals surface area contributed by atoms with Gasteiger partial charge in [0.2, 0.25) is 5.91 Å². The van der Waals surface area contributed by atoms with Gasteiger partial charge in [-0.05, 0) is 19.9 Å². The van der Waals surface area contributed by atoms with Crippen LogP contribution in [-0.2, 0) is 14.6 Å². The second-order valence-electron chi connectivity index (χ2n) is 3.52. The number of nitrogens with two attached hydrogens (primary N) is 2. The summed E-state index contributed by atoms with van der Waals surface area (Å²) in [6, 6.07) is 0. The van der Waals surface area contributed by atoms with Crippen LogP contribution in [0.5, 0.6) is 0 Å². The fraction of sp³-hybridized carbons (Fsp3) is 0.875. The molecule has 0 aliphatic rings. The Bertz CT molecular complexity index is 287. The molecule has 0 saturated heterocycles. The molecule has 0 saturated carbocycles. The van der Waals surface area contributed by atoms with Crippen molar-refractivity contribution < 1.29 is 13.2 Å². The minimum atomic E-state index is -3.25. The highest BCUT2D eigenvalue weighted by atomic mass is 32.2. The van der Waals surface area contributed by atoms with Crippen LogP contribution in [0, 0.1) is 5.92 Å². The molecule has 0 fully saturated rings. The molecule has 1 amide bonds. The quantitative estimate of drug-likeness (QED) is 0.617. The molecule has 0 aromatic heterocycles. The number of primary amides is 1. The largest absolute Gasteiger partial charge is 0.369 e. The maximum absolute atomic E-state index is 11.6. The minimum absolute atomic E-state index is 0.191.